The lowest BCUT2D eigenvalue weighted by Gasteiger charge is -2.20. The lowest BCUT2D eigenvalue weighted by atomic mass is 9.89. The van der Waals surface area contributed by atoms with Crippen LogP contribution in [0.5, 0.6) is 0 Å². The van der Waals surface area contributed by atoms with Crippen molar-refractivity contribution in [2.24, 2.45) is 0 Å². The Kier molecular flexibility index (Phi) is 10.3. The van der Waals surface area contributed by atoms with Gasteiger partial charge in [0.1, 0.15) is 0 Å². The largest absolute Gasteiger partial charge is 0.393 e. The molecule has 4 nitrogen and oxygen atoms in total. The Labute approximate surface area is 153 Å². The number of benzene rings is 1. The molecule has 1 rings (SSSR count). The molecule has 0 bridgehead atoms. The summed E-state index contributed by atoms with van der Waals surface area (Å²) in [6.45, 7) is 4.00. The maximum absolute atomic E-state index is 11.1. The quantitative estimate of drug-likeness (QED) is 0.364. The Hall–Kier alpha value is -0.910. The van der Waals surface area contributed by atoms with Crippen LogP contribution in [0.1, 0.15) is 89.5 Å². The highest BCUT2D eigenvalue weighted by Crippen LogP contribution is 2.27. The molecular formula is C20H34O4S. The average Bonchev–Trinajstić information content (AvgIpc) is 2.56. The van der Waals surface area contributed by atoms with E-state index < -0.39 is 16.2 Å². The van der Waals surface area contributed by atoms with Crippen molar-refractivity contribution >= 4 is 10.1 Å². The van der Waals surface area contributed by atoms with Crippen molar-refractivity contribution in [3.8, 4) is 0 Å². The van der Waals surface area contributed by atoms with Gasteiger partial charge < -0.3 is 5.11 Å². The molecule has 25 heavy (non-hydrogen) atoms. The van der Waals surface area contributed by atoms with E-state index in [0.29, 0.717) is 0 Å². The van der Waals surface area contributed by atoms with Crippen LogP contribution >= 0.6 is 0 Å². The predicted molar refractivity (Wildman–Crippen MR) is 103 cm³/mol. The highest BCUT2D eigenvalue weighted by molar-refractivity contribution is 7.85. The molecule has 5 heteroatoms. The van der Waals surface area contributed by atoms with Crippen LogP contribution in [-0.4, -0.2) is 24.2 Å². The van der Waals surface area contributed by atoms with Crippen molar-refractivity contribution in [2.75, 3.05) is 0 Å². The normalized spacial score (nSPS) is 14.4. The van der Waals surface area contributed by atoms with Gasteiger partial charge in [-0.2, -0.15) is 8.42 Å². The molecule has 0 aromatic heterocycles. The van der Waals surface area contributed by atoms with Gasteiger partial charge in [0.25, 0.3) is 10.1 Å². The van der Waals surface area contributed by atoms with Crippen molar-refractivity contribution in [2.45, 2.75) is 95.0 Å². The molecule has 0 spiro atoms. The minimum atomic E-state index is -4.16. The van der Waals surface area contributed by atoms with Gasteiger partial charge in [0, 0.05) is 5.92 Å². The second kappa shape index (κ2) is 11.7. The SMILES string of the molecule is CCCCCCCCCCCC(c1ccc(S(=O)(=O)O)cc1)C(C)O. The van der Waals surface area contributed by atoms with Crippen LogP contribution in [0.3, 0.4) is 0 Å². The number of aliphatic hydroxyl groups excluding tert-OH is 1. The van der Waals surface area contributed by atoms with E-state index in [1.54, 1.807) is 19.1 Å². The molecule has 0 aliphatic rings. The van der Waals surface area contributed by atoms with Crippen molar-refractivity contribution in [1.82, 2.24) is 0 Å². The third-order valence-electron chi connectivity index (χ3n) is 4.81. The molecular weight excluding hydrogens is 336 g/mol. The molecule has 0 radical (unpaired) electrons. The van der Waals surface area contributed by atoms with Gasteiger partial charge in [-0.25, -0.2) is 0 Å². The van der Waals surface area contributed by atoms with Gasteiger partial charge in [-0.05, 0) is 31.0 Å². The molecule has 0 fully saturated rings. The van der Waals surface area contributed by atoms with E-state index in [9.17, 15) is 13.5 Å². The Balaban J connectivity index is 2.38. The Morgan fingerprint density at radius 3 is 1.80 bits per heavy atom. The van der Waals surface area contributed by atoms with Crippen LogP contribution in [0.15, 0.2) is 29.2 Å². The van der Waals surface area contributed by atoms with E-state index in [2.05, 4.69) is 6.92 Å². The first-order valence-electron chi connectivity index (χ1n) is 9.61. The standard InChI is InChI=1S/C20H34O4S/c1-3-4-5-6-7-8-9-10-11-12-20(17(2)21)18-13-15-19(16-14-18)25(22,23)24/h13-17,20-21H,3-12H2,1-2H3,(H,22,23,24). The van der Waals surface area contributed by atoms with Gasteiger partial charge >= 0.3 is 0 Å². The minimum Gasteiger partial charge on any atom is -0.393 e. The van der Waals surface area contributed by atoms with Gasteiger partial charge in [0.05, 0.1) is 11.0 Å². The molecule has 0 aliphatic heterocycles. The summed E-state index contributed by atoms with van der Waals surface area (Å²) in [5, 5.41) is 10.1. The van der Waals surface area contributed by atoms with Gasteiger partial charge in [-0.3, -0.25) is 4.55 Å². The fraction of sp³-hybridized carbons (Fsp3) is 0.700. The topological polar surface area (TPSA) is 74.6 Å². The number of rotatable bonds is 13. The molecule has 0 saturated heterocycles. The third-order valence-corrected chi connectivity index (χ3v) is 5.67. The first-order chi connectivity index (χ1) is 11.9. The van der Waals surface area contributed by atoms with Crippen LogP contribution in [0.2, 0.25) is 0 Å². The van der Waals surface area contributed by atoms with Crippen LogP contribution in [-0.2, 0) is 10.1 Å². The summed E-state index contributed by atoms with van der Waals surface area (Å²) in [6, 6.07) is 6.18. The monoisotopic (exact) mass is 370 g/mol. The minimum absolute atomic E-state index is 0.00000106. The summed E-state index contributed by atoms with van der Waals surface area (Å²) >= 11 is 0. The smallest absolute Gasteiger partial charge is 0.294 e. The second-order valence-corrected chi connectivity index (χ2v) is 8.43. The molecule has 0 heterocycles. The van der Waals surface area contributed by atoms with Gasteiger partial charge in [-0.1, -0.05) is 76.8 Å². The molecule has 2 unspecified atom stereocenters. The molecule has 0 saturated carbocycles. The van der Waals surface area contributed by atoms with Crippen molar-refractivity contribution in [1.29, 1.82) is 0 Å². The summed E-state index contributed by atoms with van der Waals surface area (Å²) in [5.41, 5.74) is 0.918. The fourth-order valence-electron chi connectivity index (χ4n) is 3.25. The predicted octanol–water partition coefficient (Wildman–Crippen LogP) is 5.32. The van der Waals surface area contributed by atoms with Crippen molar-refractivity contribution < 1.29 is 18.1 Å². The molecule has 144 valence electrons. The lowest BCUT2D eigenvalue weighted by Crippen LogP contribution is -2.15. The number of hydrogen-bond acceptors (Lipinski definition) is 3. The zero-order valence-corrected chi connectivity index (χ0v) is 16.5. The molecule has 0 aliphatic carbocycles. The highest BCUT2D eigenvalue weighted by atomic mass is 32.2. The van der Waals surface area contributed by atoms with Gasteiger partial charge in [0.15, 0.2) is 0 Å². The number of aliphatic hydroxyl groups is 1. The van der Waals surface area contributed by atoms with E-state index in [4.69, 9.17) is 4.55 Å². The lowest BCUT2D eigenvalue weighted by molar-refractivity contribution is 0.155. The van der Waals surface area contributed by atoms with E-state index in [1.165, 1.54) is 63.5 Å². The summed E-state index contributed by atoms with van der Waals surface area (Å²) in [5.74, 6) is 0.00000106. The molecule has 2 N–H and O–H groups in total. The Bertz CT molecular complexity index is 564. The van der Waals surface area contributed by atoms with Gasteiger partial charge in [-0.15, -0.1) is 0 Å². The van der Waals surface area contributed by atoms with Gasteiger partial charge in [0.2, 0.25) is 0 Å². The van der Waals surface area contributed by atoms with Crippen LogP contribution < -0.4 is 0 Å². The van der Waals surface area contributed by atoms with E-state index >= 15 is 0 Å². The Morgan fingerprint density at radius 1 is 0.880 bits per heavy atom. The maximum atomic E-state index is 11.1. The van der Waals surface area contributed by atoms with E-state index in [0.717, 1.165) is 18.4 Å². The Morgan fingerprint density at radius 2 is 1.36 bits per heavy atom. The summed E-state index contributed by atoms with van der Waals surface area (Å²) < 4.78 is 31.3. The van der Waals surface area contributed by atoms with Crippen molar-refractivity contribution in [3.63, 3.8) is 0 Å². The first kappa shape index (κ1) is 22.1. The first-order valence-corrected chi connectivity index (χ1v) is 11.1. The summed E-state index contributed by atoms with van der Waals surface area (Å²) in [6.07, 6.45) is 11.8. The molecule has 2 atom stereocenters. The highest BCUT2D eigenvalue weighted by Gasteiger charge is 2.18. The van der Waals surface area contributed by atoms with Crippen molar-refractivity contribution in [3.05, 3.63) is 29.8 Å². The fourth-order valence-corrected chi connectivity index (χ4v) is 3.73. The second-order valence-electron chi connectivity index (χ2n) is 7.01. The zero-order chi connectivity index (χ0) is 18.7. The molecule has 1 aromatic carbocycles. The molecule has 0 amide bonds. The number of hydrogen-bond donors (Lipinski definition) is 2. The number of unbranched alkanes of at least 4 members (excludes halogenated alkanes) is 8. The van der Waals surface area contributed by atoms with E-state index in [1.807, 2.05) is 0 Å². The van der Waals surface area contributed by atoms with Crippen LogP contribution in [0.4, 0.5) is 0 Å². The summed E-state index contributed by atoms with van der Waals surface area (Å²) in [7, 11) is -4.16. The summed E-state index contributed by atoms with van der Waals surface area (Å²) in [4.78, 5) is -0.108. The zero-order valence-electron chi connectivity index (χ0n) is 15.7. The van der Waals surface area contributed by atoms with Crippen LogP contribution in [0, 0.1) is 0 Å². The maximum Gasteiger partial charge on any atom is 0.294 e. The van der Waals surface area contributed by atoms with Crippen LogP contribution in [0.25, 0.3) is 0 Å². The third kappa shape index (κ3) is 8.84. The molecule has 1 aromatic rings. The van der Waals surface area contributed by atoms with E-state index in [-0.39, 0.29) is 10.8 Å². The average molecular weight is 371 g/mol.